The number of halogens is 1. The van der Waals surface area contributed by atoms with Gasteiger partial charge in [0.1, 0.15) is 11.5 Å². The Hall–Kier alpha value is -1.22. The van der Waals surface area contributed by atoms with Gasteiger partial charge in [-0.05, 0) is 18.5 Å². The SMILES string of the molecule is C=CN=C(C(=C)F)C1=CCNCC1. The molecule has 0 aromatic rings. The van der Waals surface area contributed by atoms with Crippen LogP contribution in [0.2, 0.25) is 0 Å². The number of hydrogen-bond acceptors (Lipinski definition) is 2. The molecule has 1 aliphatic rings. The minimum absolute atomic E-state index is 0.330. The molecule has 0 unspecified atom stereocenters. The Morgan fingerprint density at radius 2 is 2.46 bits per heavy atom. The Morgan fingerprint density at radius 3 is 2.92 bits per heavy atom. The molecule has 0 radical (unpaired) electrons. The maximum absolute atomic E-state index is 12.9. The predicted octanol–water partition coefficient (Wildman–Crippen LogP) is 1.97. The summed E-state index contributed by atoms with van der Waals surface area (Å²) in [5, 5.41) is 3.14. The van der Waals surface area contributed by atoms with E-state index in [2.05, 4.69) is 23.5 Å². The third-order valence-electron chi connectivity index (χ3n) is 1.85. The van der Waals surface area contributed by atoms with Crippen molar-refractivity contribution in [2.45, 2.75) is 6.42 Å². The third kappa shape index (κ3) is 2.63. The predicted molar refractivity (Wildman–Crippen MR) is 53.4 cm³/mol. The van der Waals surface area contributed by atoms with E-state index in [-0.39, 0.29) is 0 Å². The monoisotopic (exact) mass is 180 g/mol. The van der Waals surface area contributed by atoms with Crippen LogP contribution in [0.15, 0.2) is 41.8 Å². The van der Waals surface area contributed by atoms with Crippen LogP contribution in [0.25, 0.3) is 0 Å². The summed E-state index contributed by atoms with van der Waals surface area (Å²) < 4.78 is 12.9. The molecule has 1 heterocycles. The maximum Gasteiger partial charge on any atom is 0.141 e. The molecule has 0 aromatic heterocycles. The first kappa shape index (κ1) is 9.86. The zero-order valence-corrected chi connectivity index (χ0v) is 7.52. The van der Waals surface area contributed by atoms with Crippen LogP contribution in [0, 0.1) is 0 Å². The van der Waals surface area contributed by atoms with Crippen molar-refractivity contribution >= 4 is 5.71 Å². The van der Waals surface area contributed by atoms with Gasteiger partial charge in [-0.3, -0.25) is 4.99 Å². The van der Waals surface area contributed by atoms with Gasteiger partial charge in [0, 0.05) is 12.7 Å². The highest BCUT2D eigenvalue weighted by Crippen LogP contribution is 2.13. The van der Waals surface area contributed by atoms with Crippen molar-refractivity contribution in [3.63, 3.8) is 0 Å². The summed E-state index contributed by atoms with van der Waals surface area (Å²) in [7, 11) is 0. The highest BCUT2D eigenvalue weighted by Gasteiger charge is 2.12. The standard InChI is InChI=1S/C10H13FN2/c1-3-13-10(8(2)11)9-4-6-12-7-5-9/h3-4,12H,1-2,5-7H2. The summed E-state index contributed by atoms with van der Waals surface area (Å²) in [6.45, 7) is 8.30. The van der Waals surface area contributed by atoms with Gasteiger partial charge in [-0.1, -0.05) is 19.2 Å². The topological polar surface area (TPSA) is 24.4 Å². The van der Waals surface area contributed by atoms with E-state index in [4.69, 9.17) is 0 Å². The first-order valence-electron chi connectivity index (χ1n) is 4.19. The molecular formula is C10H13FN2. The Morgan fingerprint density at radius 1 is 1.69 bits per heavy atom. The van der Waals surface area contributed by atoms with Gasteiger partial charge in [0.05, 0.1) is 0 Å². The van der Waals surface area contributed by atoms with Crippen LogP contribution in [0.5, 0.6) is 0 Å². The van der Waals surface area contributed by atoms with Gasteiger partial charge < -0.3 is 5.32 Å². The molecule has 0 aliphatic carbocycles. The first-order chi connectivity index (χ1) is 6.25. The number of nitrogens with one attached hydrogen (secondary N) is 1. The lowest BCUT2D eigenvalue weighted by Gasteiger charge is -2.14. The van der Waals surface area contributed by atoms with Crippen molar-refractivity contribution in [2.24, 2.45) is 4.99 Å². The number of rotatable bonds is 3. The summed E-state index contributed by atoms with van der Waals surface area (Å²) in [4.78, 5) is 3.86. The average Bonchev–Trinajstić information content (AvgIpc) is 2.15. The van der Waals surface area contributed by atoms with E-state index in [0.717, 1.165) is 25.1 Å². The molecule has 1 rings (SSSR count). The van der Waals surface area contributed by atoms with E-state index in [9.17, 15) is 4.39 Å². The van der Waals surface area contributed by atoms with Crippen molar-refractivity contribution < 1.29 is 4.39 Å². The molecular weight excluding hydrogens is 167 g/mol. The van der Waals surface area contributed by atoms with E-state index in [1.807, 2.05) is 6.08 Å². The second-order valence-corrected chi connectivity index (χ2v) is 2.75. The van der Waals surface area contributed by atoms with Gasteiger partial charge in [0.2, 0.25) is 0 Å². The van der Waals surface area contributed by atoms with Crippen molar-refractivity contribution in [2.75, 3.05) is 13.1 Å². The molecule has 3 heteroatoms. The largest absolute Gasteiger partial charge is 0.313 e. The molecule has 1 N–H and O–H groups in total. The van der Waals surface area contributed by atoms with Gasteiger partial charge >= 0.3 is 0 Å². The number of nitrogens with zero attached hydrogens (tertiary/aromatic N) is 1. The van der Waals surface area contributed by atoms with Gasteiger partial charge in [-0.2, -0.15) is 0 Å². The summed E-state index contributed by atoms with van der Waals surface area (Å²) in [6.07, 6.45) is 4.05. The summed E-state index contributed by atoms with van der Waals surface area (Å²) in [5.74, 6) is -0.493. The summed E-state index contributed by atoms with van der Waals surface area (Å²) in [5.41, 5.74) is 1.24. The zero-order valence-electron chi connectivity index (χ0n) is 7.52. The summed E-state index contributed by atoms with van der Waals surface area (Å²) in [6, 6.07) is 0. The quantitative estimate of drug-likeness (QED) is 0.660. The van der Waals surface area contributed by atoms with Crippen molar-refractivity contribution in [3.05, 3.63) is 36.8 Å². The highest BCUT2D eigenvalue weighted by atomic mass is 19.1. The zero-order chi connectivity index (χ0) is 9.68. The molecule has 1 aliphatic heterocycles. The van der Waals surface area contributed by atoms with Crippen LogP contribution in [-0.4, -0.2) is 18.8 Å². The lowest BCUT2D eigenvalue weighted by molar-refractivity contribution is 0.676. The fourth-order valence-corrected chi connectivity index (χ4v) is 1.26. The summed E-state index contributed by atoms with van der Waals surface area (Å²) >= 11 is 0. The molecule has 0 aromatic carbocycles. The van der Waals surface area contributed by atoms with Crippen LogP contribution in [0.3, 0.4) is 0 Å². The Kier molecular flexibility index (Phi) is 3.58. The van der Waals surface area contributed by atoms with Gasteiger partial charge in [-0.15, -0.1) is 0 Å². The molecule has 0 amide bonds. The molecule has 70 valence electrons. The molecule has 0 atom stereocenters. The number of hydrogen-bond donors (Lipinski definition) is 1. The Labute approximate surface area is 77.6 Å². The fraction of sp³-hybridized carbons (Fsp3) is 0.300. The number of allylic oxidation sites excluding steroid dienone is 1. The van der Waals surface area contributed by atoms with Crippen LogP contribution >= 0.6 is 0 Å². The molecule has 0 saturated carbocycles. The van der Waals surface area contributed by atoms with E-state index in [1.54, 1.807) is 0 Å². The lowest BCUT2D eigenvalue weighted by atomic mass is 10.0. The average molecular weight is 180 g/mol. The van der Waals surface area contributed by atoms with Crippen molar-refractivity contribution in [1.82, 2.24) is 5.32 Å². The van der Waals surface area contributed by atoms with Gasteiger partial charge in [0.15, 0.2) is 0 Å². The number of aliphatic imine (C=N–C) groups is 1. The van der Waals surface area contributed by atoms with Gasteiger partial charge in [-0.25, -0.2) is 4.39 Å². The molecule has 2 nitrogen and oxygen atoms in total. The highest BCUT2D eigenvalue weighted by molar-refractivity contribution is 6.10. The van der Waals surface area contributed by atoms with Crippen LogP contribution in [-0.2, 0) is 0 Å². The van der Waals surface area contributed by atoms with E-state index in [0.29, 0.717) is 5.71 Å². The minimum atomic E-state index is -0.493. The second kappa shape index (κ2) is 4.72. The van der Waals surface area contributed by atoms with Crippen LogP contribution in [0.1, 0.15) is 6.42 Å². The van der Waals surface area contributed by atoms with Crippen LogP contribution < -0.4 is 5.32 Å². The smallest absolute Gasteiger partial charge is 0.141 e. The molecule has 0 fully saturated rings. The maximum atomic E-state index is 12.9. The van der Waals surface area contributed by atoms with Crippen LogP contribution in [0.4, 0.5) is 4.39 Å². The minimum Gasteiger partial charge on any atom is -0.313 e. The Balaban J connectivity index is 2.86. The molecule has 13 heavy (non-hydrogen) atoms. The first-order valence-corrected chi connectivity index (χ1v) is 4.19. The Bertz CT molecular complexity index is 277. The normalized spacial score (nSPS) is 17.9. The van der Waals surface area contributed by atoms with E-state index in [1.165, 1.54) is 6.20 Å². The fourth-order valence-electron chi connectivity index (χ4n) is 1.26. The molecule has 0 spiro atoms. The molecule has 0 bridgehead atoms. The lowest BCUT2D eigenvalue weighted by Crippen LogP contribution is -2.23. The van der Waals surface area contributed by atoms with Crippen molar-refractivity contribution in [3.8, 4) is 0 Å². The third-order valence-corrected chi connectivity index (χ3v) is 1.85. The van der Waals surface area contributed by atoms with E-state index < -0.39 is 5.83 Å². The van der Waals surface area contributed by atoms with E-state index >= 15 is 0 Å². The molecule has 0 saturated heterocycles. The van der Waals surface area contributed by atoms with Gasteiger partial charge in [0.25, 0.3) is 0 Å². The van der Waals surface area contributed by atoms with Crippen molar-refractivity contribution in [1.29, 1.82) is 0 Å². The second-order valence-electron chi connectivity index (χ2n) is 2.75.